The number of ether oxygens (including phenoxy) is 3. The van der Waals surface area contributed by atoms with E-state index in [4.69, 9.17) is 19.3 Å². The van der Waals surface area contributed by atoms with Crippen LogP contribution >= 0.6 is 0 Å². The highest BCUT2D eigenvalue weighted by atomic mass is 16.5. The van der Waals surface area contributed by atoms with Gasteiger partial charge in [-0.1, -0.05) is 18.2 Å². The summed E-state index contributed by atoms with van der Waals surface area (Å²) in [5.41, 5.74) is 0.535. The lowest BCUT2D eigenvalue weighted by molar-refractivity contribution is 0.0406. The first-order valence-corrected chi connectivity index (χ1v) is 7.13. The van der Waals surface area contributed by atoms with Crippen molar-refractivity contribution in [2.24, 2.45) is 0 Å². The molecule has 1 aromatic carbocycles. The highest BCUT2D eigenvalue weighted by molar-refractivity contribution is 5.91. The molecule has 0 spiro atoms. The van der Waals surface area contributed by atoms with Gasteiger partial charge in [0.05, 0.1) is 19.8 Å². The molecule has 1 aromatic heterocycles. The van der Waals surface area contributed by atoms with Gasteiger partial charge in [0.2, 0.25) is 0 Å². The molecule has 2 aromatic rings. The minimum atomic E-state index is -1.06. The zero-order chi connectivity index (χ0) is 15.8. The Morgan fingerprint density at radius 2 is 1.86 bits per heavy atom. The smallest absolute Gasteiger partial charge is 0.354 e. The van der Waals surface area contributed by atoms with Crippen LogP contribution in [0.25, 0.3) is 10.9 Å². The van der Waals surface area contributed by atoms with E-state index in [1.807, 2.05) is 19.1 Å². The number of carboxylic acids is 1. The normalized spacial score (nSPS) is 10.8. The molecule has 0 fully saturated rings. The third-order valence-corrected chi connectivity index (χ3v) is 2.96. The summed E-state index contributed by atoms with van der Waals surface area (Å²) in [5, 5.41) is 9.85. The number of para-hydroxylation sites is 1. The van der Waals surface area contributed by atoms with E-state index in [1.165, 1.54) is 6.07 Å². The predicted molar refractivity (Wildman–Crippen MR) is 81.5 cm³/mol. The van der Waals surface area contributed by atoms with Crippen molar-refractivity contribution in [1.82, 2.24) is 4.98 Å². The van der Waals surface area contributed by atoms with Gasteiger partial charge in [-0.05, 0) is 19.1 Å². The van der Waals surface area contributed by atoms with Gasteiger partial charge in [-0.2, -0.15) is 0 Å². The molecule has 0 radical (unpaired) electrons. The molecule has 0 amide bonds. The highest BCUT2D eigenvalue weighted by Gasteiger charge is 2.09. The van der Waals surface area contributed by atoms with E-state index in [0.29, 0.717) is 44.3 Å². The molecule has 118 valence electrons. The van der Waals surface area contributed by atoms with E-state index in [2.05, 4.69) is 4.98 Å². The van der Waals surface area contributed by atoms with Crippen LogP contribution in [0.2, 0.25) is 0 Å². The molecular weight excluding hydrogens is 286 g/mol. The van der Waals surface area contributed by atoms with Crippen molar-refractivity contribution in [1.29, 1.82) is 0 Å². The van der Waals surface area contributed by atoms with Crippen LogP contribution in [0.1, 0.15) is 17.4 Å². The Bertz CT molecular complexity index is 629. The number of nitrogens with zero attached hydrogens (tertiary/aromatic N) is 1. The van der Waals surface area contributed by atoms with Crippen molar-refractivity contribution in [3.8, 4) is 5.75 Å². The van der Waals surface area contributed by atoms with Crippen molar-refractivity contribution < 1.29 is 24.1 Å². The van der Waals surface area contributed by atoms with E-state index < -0.39 is 5.97 Å². The van der Waals surface area contributed by atoms with Gasteiger partial charge in [0.25, 0.3) is 0 Å². The van der Waals surface area contributed by atoms with Crippen LogP contribution in [-0.2, 0) is 9.47 Å². The molecule has 0 unspecified atom stereocenters. The fourth-order valence-corrected chi connectivity index (χ4v) is 1.93. The van der Waals surface area contributed by atoms with E-state index in [0.717, 1.165) is 5.39 Å². The van der Waals surface area contributed by atoms with Gasteiger partial charge < -0.3 is 19.3 Å². The summed E-state index contributed by atoms with van der Waals surface area (Å²) in [6, 6.07) is 8.67. The molecule has 0 atom stereocenters. The number of fused-ring (bicyclic) bond motifs is 1. The molecule has 22 heavy (non-hydrogen) atoms. The Hall–Kier alpha value is -2.18. The Labute approximate surface area is 128 Å². The van der Waals surface area contributed by atoms with Gasteiger partial charge >= 0.3 is 5.97 Å². The number of rotatable bonds is 9. The average Bonchev–Trinajstić information content (AvgIpc) is 2.53. The molecule has 2 rings (SSSR count). The van der Waals surface area contributed by atoms with Gasteiger partial charge in [-0.15, -0.1) is 0 Å². The lowest BCUT2D eigenvalue weighted by atomic mass is 10.2. The monoisotopic (exact) mass is 305 g/mol. The van der Waals surface area contributed by atoms with Crippen molar-refractivity contribution in [3.63, 3.8) is 0 Å². The number of hydrogen-bond acceptors (Lipinski definition) is 5. The minimum Gasteiger partial charge on any atom is -0.489 e. The molecule has 1 heterocycles. The Balaban J connectivity index is 1.95. The topological polar surface area (TPSA) is 77.9 Å². The minimum absolute atomic E-state index is 0.00323. The quantitative estimate of drug-likeness (QED) is 0.717. The van der Waals surface area contributed by atoms with Gasteiger partial charge in [-0.3, -0.25) is 0 Å². The van der Waals surface area contributed by atoms with Crippen LogP contribution in [-0.4, -0.2) is 49.1 Å². The standard InChI is InChI=1S/C16H19NO5/c1-2-20-8-9-21-10-11-22-14-5-3-4-12-6-7-13(16(18)19)17-15(12)14/h3-7H,2,8-11H2,1H3,(H,18,19). The molecule has 1 N–H and O–H groups in total. The summed E-state index contributed by atoms with van der Waals surface area (Å²) in [7, 11) is 0. The summed E-state index contributed by atoms with van der Waals surface area (Å²) in [6.07, 6.45) is 0. The van der Waals surface area contributed by atoms with Crippen LogP contribution in [0.3, 0.4) is 0 Å². The summed E-state index contributed by atoms with van der Waals surface area (Å²) in [5.74, 6) is -0.509. The summed E-state index contributed by atoms with van der Waals surface area (Å²) in [4.78, 5) is 15.1. The first kappa shape index (κ1) is 16.2. The van der Waals surface area contributed by atoms with E-state index >= 15 is 0 Å². The van der Waals surface area contributed by atoms with E-state index in [1.54, 1.807) is 12.1 Å². The zero-order valence-electron chi connectivity index (χ0n) is 12.4. The molecule has 0 bridgehead atoms. The SMILES string of the molecule is CCOCCOCCOc1cccc2ccc(C(=O)O)nc12. The number of carbonyl (C=O) groups is 1. The third-order valence-electron chi connectivity index (χ3n) is 2.96. The third kappa shape index (κ3) is 4.41. The van der Waals surface area contributed by atoms with E-state index in [9.17, 15) is 4.79 Å². The first-order chi connectivity index (χ1) is 10.7. The van der Waals surface area contributed by atoms with Crippen molar-refractivity contribution in [3.05, 3.63) is 36.0 Å². The molecule has 0 aliphatic carbocycles. The maximum absolute atomic E-state index is 11.0. The van der Waals surface area contributed by atoms with Gasteiger partial charge in [0, 0.05) is 12.0 Å². The summed E-state index contributed by atoms with van der Waals surface area (Å²) in [6.45, 7) is 4.49. The fourth-order valence-electron chi connectivity index (χ4n) is 1.93. The number of carboxylic acid groups (broad SMARTS) is 1. The second-order valence-electron chi connectivity index (χ2n) is 4.49. The molecule has 6 heteroatoms. The van der Waals surface area contributed by atoms with Gasteiger partial charge in [-0.25, -0.2) is 9.78 Å². The Morgan fingerprint density at radius 1 is 1.09 bits per heavy atom. The number of hydrogen-bond donors (Lipinski definition) is 1. The highest BCUT2D eigenvalue weighted by Crippen LogP contribution is 2.24. The maximum atomic E-state index is 11.0. The second-order valence-corrected chi connectivity index (χ2v) is 4.49. The molecule has 6 nitrogen and oxygen atoms in total. The van der Waals surface area contributed by atoms with Crippen LogP contribution in [0, 0.1) is 0 Å². The molecule has 0 saturated carbocycles. The Morgan fingerprint density at radius 3 is 2.64 bits per heavy atom. The molecule has 0 aliphatic heterocycles. The Kier molecular flexibility index (Phi) is 6.12. The lowest BCUT2D eigenvalue weighted by Gasteiger charge is -2.09. The number of benzene rings is 1. The van der Waals surface area contributed by atoms with Crippen molar-refractivity contribution in [2.75, 3.05) is 33.0 Å². The van der Waals surface area contributed by atoms with Crippen LogP contribution < -0.4 is 4.74 Å². The molecular formula is C16H19NO5. The van der Waals surface area contributed by atoms with Gasteiger partial charge in [0.15, 0.2) is 0 Å². The van der Waals surface area contributed by atoms with Crippen LogP contribution in [0.4, 0.5) is 0 Å². The lowest BCUT2D eigenvalue weighted by Crippen LogP contribution is -2.11. The summed E-state index contributed by atoms with van der Waals surface area (Å²) >= 11 is 0. The summed E-state index contributed by atoms with van der Waals surface area (Å²) < 4.78 is 16.2. The molecule has 0 aliphatic rings. The van der Waals surface area contributed by atoms with Crippen LogP contribution in [0.5, 0.6) is 5.75 Å². The van der Waals surface area contributed by atoms with Crippen LogP contribution in [0.15, 0.2) is 30.3 Å². The zero-order valence-corrected chi connectivity index (χ0v) is 12.4. The van der Waals surface area contributed by atoms with E-state index in [-0.39, 0.29) is 5.69 Å². The number of pyridine rings is 1. The number of aromatic nitrogens is 1. The maximum Gasteiger partial charge on any atom is 0.354 e. The van der Waals surface area contributed by atoms with Crippen molar-refractivity contribution >= 4 is 16.9 Å². The van der Waals surface area contributed by atoms with Gasteiger partial charge in [0.1, 0.15) is 23.6 Å². The first-order valence-electron chi connectivity index (χ1n) is 7.13. The fraction of sp³-hybridized carbons (Fsp3) is 0.375. The predicted octanol–water partition coefficient (Wildman–Crippen LogP) is 2.36. The second kappa shape index (κ2) is 8.31. The molecule has 0 saturated heterocycles. The largest absolute Gasteiger partial charge is 0.489 e. The average molecular weight is 305 g/mol. The number of aromatic carboxylic acids is 1. The van der Waals surface area contributed by atoms with Crippen molar-refractivity contribution in [2.45, 2.75) is 6.92 Å².